The smallest absolute Gasteiger partial charge is 0.0403 e. The Labute approximate surface area is 105 Å². The molecule has 0 aromatic heterocycles. The number of anilines is 1. The van der Waals surface area contributed by atoms with Gasteiger partial charge >= 0.3 is 0 Å². The van der Waals surface area contributed by atoms with Gasteiger partial charge in [0.2, 0.25) is 0 Å². The van der Waals surface area contributed by atoms with Crippen molar-refractivity contribution < 1.29 is 0 Å². The Morgan fingerprint density at radius 2 is 1.88 bits per heavy atom. The fraction of sp³-hybridized carbons (Fsp3) is 0.600. The fourth-order valence-corrected chi connectivity index (χ4v) is 2.59. The molecule has 1 aliphatic rings. The van der Waals surface area contributed by atoms with Crippen LogP contribution in [0.4, 0.5) is 5.69 Å². The summed E-state index contributed by atoms with van der Waals surface area (Å²) in [6.07, 6.45) is 1.18. The van der Waals surface area contributed by atoms with Crippen LogP contribution in [0.1, 0.15) is 37.0 Å². The van der Waals surface area contributed by atoms with E-state index in [0.717, 1.165) is 6.54 Å². The van der Waals surface area contributed by atoms with Crippen molar-refractivity contribution in [2.45, 2.75) is 52.6 Å². The zero-order valence-corrected chi connectivity index (χ0v) is 11.6. The lowest BCUT2D eigenvalue weighted by atomic mass is 9.99. The number of nitrogens with one attached hydrogen (secondary N) is 2. The molecule has 2 N–H and O–H groups in total. The zero-order chi connectivity index (χ0) is 12.6. The van der Waals surface area contributed by atoms with Crippen LogP contribution in [-0.4, -0.2) is 18.1 Å². The van der Waals surface area contributed by atoms with E-state index < -0.39 is 0 Å². The van der Waals surface area contributed by atoms with E-state index in [1.54, 1.807) is 0 Å². The topological polar surface area (TPSA) is 24.1 Å². The SMILES string of the molecule is Cc1ccc(NC2CNC(C)(C)C2)c(C)c1C. The van der Waals surface area contributed by atoms with Gasteiger partial charge in [-0.2, -0.15) is 0 Å². The van der Waals surface area contributed by atoms with Gasteiger partial charge in [0.15, 0.2) is 0 Å². The first kappa shape index (κ1) is 12.4. The molecule has 94 valence electrons. The molecule has 2 nitrogen and oxygen atoms in total. The summed E-state index contributed by atoms with van der Waals surface area (Å²) >= 11 is 0. The summed E-state index contributed by atoms with van der Waals surface area (Å²) in [6.45, 7) is 12.2. The van der Waals surface area contributed by atoms with Crippen molar-refractivity contribution in [1.82, 2.24) is 5.32 Å². The molecule has 1 saturated heterocycles. The minimum Gasteiger partial charge on any atom is -0.381 e. The minimum atomic E-state index is 0.269. The van der Waals surface area contributed by atoms with Crippen molar-refractivity contribution in [3.63, 3.8) is 0 Å². The number of aryl methyl sites for hydroxylation is 1. The zero-order valence-electron chi connectivity index (χ0n) is 11.6. The highest BCUT2D eigenvalue weighted by atomic mass is 15.1. The molecule has 1 atom stereocenters. The quantitative estimate of drug-likeness (QED) is 0.818. The lowest BCUT2D eigenvalue weighted by Crippen LogP contribution is -2.31. The molecule has 0 spiro atoms. The van der Waals surface area contributed by atoms with Crippen molar-refractivity contribution >= 4 is 5.69 Å². The second kappa shape index (κ2) is 4.34. The lowest BCUT2D eigenvalue weighted by molar-refractivity contribution is 0.457. The summed E-state index contributed by atoms with van der Waals surface area (Å²) < 4.78 is 0. The van der Waals surface area contributed by atoms with Gasteiger partial charge in [-0.3, -0.25) is 0 Å². The largest absolute Gasteiger partial charge is 0.381 e. The van der Waals surface area contributed by atoms with E-state index in [1.165, 1.54) is 28.8 Å². The van der Waals surface area contributed by atoms with Crippen LogP contribution in [0.25, 0.3) is 0 Å². The molecule has 0 bridgehead atoms. The summed E-state index contributed by atoms with van der Waals surface area (Å²) in [5.41, 5.74) is 5.72. The average Bonchev–Trinajstić information content (AvgIpc) is 2.59. The van der Waals surface area contributed by atoms with Gasteiger partial charge in [-0.15, -0.1) is 0 Å². The van der Waals surface area contributed by atoms with Crippen LogP contribution in [-0.2, 0) is 0 Å². The van der Waals surface area contributed by atoms with Crippen LogP contribution in [0, 0.1) is 20.8 Å². The van der Waals surface area contributed by atoms with Crippen molar-refractivity contribution in [3.05, 3.63) is 28.8 Å². The Kier molecular flexibility index (Phi) is 3.17. The highest BCUT2D eigenvalue weighted by molar-refractivity contribution is 5.56. The van der Waals surface area contributed by atoms with E-state index in [1.807, 2.05) is 0 Å². The van der Waals surface area contributed by atoms with Crippen molar-refractivity contribution in [1.29, 1.82) is 0 Å². The van der Waals surface area contributed by atoms with Gasteiger partial charge < -0.3 is 10.6 Å². The van der Waals surface area contributed by atoms with Crippen LogP contribution in [0.15, 0.2) is 12.1 Å². The van der Waals surface area contributed by atoms with E-state index in [9.17, 15) is 0 Å². The van der Waals surface area contributed by atoms with Gasteiger partial charge in [0, 0.05) is 23.8 Å². The first-order chi connectivity index (χ1) is 7.89. The molecule has 0 aliphatic carbocycles. The second-order valence-electron chi connectivity index (χ2n) is 5.99. The van der Waals surface area contributed by atoms with Gasteiger partial charge in [0.05, 0.1) is 0 Å². The van der Waals surface area contributed by atoms with Gasteiger partial charge in [0.1, 0.15) is 0 Å². The molecular weight excluding hydrogens is 208 g/mol. The van der Waals surface area contributed by atoms with Crippen LogP contribution >= 0.6 is 0 Å². The first-order valence-corrected chi connectivity index (χ1v) is 6.47. The van der Waals surface area contributed by atoms with E-state index in [2.05, 4.69) is 57.4 Å². The normalized spacial score (nSPS) is 22.8. The van der Waals surface area contributed by atoms with Gasteiger partial charge in [-0.25, -0.2) is 0 Å². The standard InChI is InChI=1S/C15H24N2/c1-10-6-7-14(12(3)11(10)2)17-13-8-15(4,5)16-9-13/h6-7,13,16-17H,8-9H2,1-5H3. The minimum absolute atomic E-state index is 0.269. The molecule has 0 radical (unpaired) electrons. The van der Waals surface area contributed by atoms with E-state index in [-0.39, 0.29) is 5.54 Å². The molecule has 2 heteroatoms. The Morgan fingerprint density at radius 1 is 1.18 bits per heavy atom. The Bertz CT molecular complexity index is 421. The van der Waals surface area contributed by atoms with Gasteiger partial charge in [0.25, 0.3) is 0 Å². The van der Waals surface area contributed by atoms with Gasteiger partial charge in [-0.05, 0) is 63.8 Å². The summed E-state index contributed by atoms with van der Waals surface area (Å²) in [5, 5.41) is 7.22. The third kappa shape index (κ3) is 2.63. The predicted octanol–water partition coefficient (Wildman–Crippen LogP) is 3.16. The van der Waals surface area contributed by atoms with Crippen LogP contribution < -0.4 is 10.6 Å². The van der Waals surface area contributed by atoms with E-state index in [4.69, 9.17) is 0 Å². The molecule has 0 saturated carbocycles. The van der Waals surface area contributed by atoms with E-state index >= 15 is 0 Å². The molecule has 1 heterocycles. The van der Waals surface area contributed by atoms with Crippen molar-refractivity contribution in [2.75, 3.05) is 11.9 Å². The molecule has 2 rings (SSSR count). The Balaban J connectivity index is 2.13. The molecule has 1 unspecified atom stereocenters. The molecule has 1 fully saturated rings. The maximum absolute atomic E-state index is 3.67. The van der Waals surface area contributed by atoms with Crippen LogP contribution in [0.3, 0.4) is 0 Å². The van der Waals surface area contributed by atoms with Gasteiger partial charge in [-0.1, -0.05) is 6.07 Å². The van der Waals surface area contributed by atoms with Crippen molar-refractivity contribution in [3.8, 4) is 0 Å². The number of hydrogen-bond donors (Lipinski definition) is 2. The average molecular weight is 232 g/mol. The summed E-state index contributed by atoms with van der Waals surface area (Å²) in [4.78, 5) is 0. The number of benzene rings is 1. The monoisotopic (exact) mass is 232 g/mol. The van der Waals surface area contributed by atoms with Crippen molar-refractivity contribution in [2.24, 2.45) is 0 Å². The maximum atomic E-state index is 3.67. The molecule has 0 amide bonds. The summed E-state index contributed by atoms with van der Waals surface area (Å²) in [6, 6.07) is 4.96. The molecule has 1 aromatic carbocycles. The maximum Gasteiger partial charge on any atom is 0.0403 e. The second-order valence-corrected chi connectivity index (χ2v) is 5.99. The summed E-state index contributed by atoms with van der Waals surface area (Å²) in [7, 11) is 0. The predicted molar refractivity (Wildman–Crippen MR) is 74.8 cm³/mol. The number of hydrogen-bond acceptors (Lipinski definition) is 2. The van der Waals surface area contributed by atoms with Crippen LogP contribution in [0.5, 0.6) is 0 Å². The summed E-state index contributed by atoms with van der Waals surface area (Å²) in [5.74, 6) is 0. The third-order valence-electron chi connectivity index (χ3n) is 4.00. The van der Waals surface area contributed by atoms with Crippen LogP contribution in [0.2, 0.25) is 0 Å². The first-order valence-electron chi connectivity index (χ1n) is 6.47. The Hall–Kier alpha value is -1.02. The molecular formula is C15H24N2. The highest BCUT2D eigenvalue weighted by Gasteiger charge is 2.30. The fourth-order valence-electron chi connectivity index (χ4n) is 2.59. The molecule has 17 heavy (non-hydrogen) atoms. The lowest BCUT2D eigenvalue weighted by Gasteiger charge is -2.20. The Morgan fingerprint density at radius 3 is 2.47 bits per heavy atom. The highest BCUT2D eigenvalue weighted by Crippen LogP contribution is 2.26. The molecule has 1 aliphatic heterocycles. The third-order valence-corrected chi connectivity index (χ3v) is 4.00. The molecule has 1 aromatic rings. The number of rotatable bonds is 2. The van der Waals surface area contributed by atoms with E-state index in [0.29, 0.717) is 6.04 Å².